The van der Waals surface area contributed by atoms with Gasteiger partial charge in [-0.15, -0.1) is 0 Å². The predicted molar refractivity (Wildman–Crippen MR) is 130 cm³/mol. The molecule has 0 aliphatic carbocycles. The standard InChI is InChI=1S/C24H24N6O2S/c1-16(23(32)29-24-27-15-20(13-25)33-24)17-6-4-7-18(12-17)19-9-10-21(26-14-19)28-22(31)8-5-11-30(2)3/h4-10,12,14-16H,11H2,1-3H3,(H,26,28,31)(H,27,29,32)/b8-5+. The van der Waals surface area contributed by atoms with Gasteiger partial charge in [0.25, 0.3) is 0 Å². The van der Waals surface area contributed by atoms with Crippen molar-refractivity contribution in [2.45, 2.75) is 12.8 Å². The highest BCUT2D eigenvalue weighted by molar-refractivity contribution is 7.16. The SMILES string of the molecule is CC(C(=O)Nc1ncc(C#N)s1)c1cccc(-c2ccc(NC(=O)/C=C/CN(C)C)nc2)c1. The summed E-state index contributed by atoms with van der Waals surface area (Å²) >= 11 is 1.14. The second kappa shape index (κ2) is 11.1. The van der Waals surface area contributed by atoms with Crippen molar-refractivity contribution in [3.05, 3.63) is 71.4 Å². The Morgan fingerprint density at radius 3 is 2.64 bits per heavy atom. The summed E-state index contributed by atoms with van der Waals surface area (Å²) in [6.45, 7) is 2.49. The van der Waals surface area contributed by atoms with Gasteiger partial charge in [-0.1, -0.05) is 41.7 Å². The van der Waals surface area contributed by atoms with E-state index < -0.39 is 5.92 Å². The minimum atomic E-state index is -0.417. The molecule has 0 saturated carbocycles. The summed E-state index contributed by atoms with van der Waals surface area (Å²) in [5, 5.41) is 14.8. The van der Waals surface area contributed by atoms with Crippen LogP contribution in [0.1, 0.15) is 23.3 Å². The lowest BCUT2D eigenvalue weighted by molar-refractivity contribution is -0.117. The van der Waals surface area contributed by atoms with Crippen molar-refractivity contribution in [1.29, 1.82) is 5.26 Å². The van der Waals surface area contributed by atoms with Crippen LogP contribution >= 0.6 is 11.3 Å². The molecular weight excluding hydrogens is 436 g/mol. The van der Waals surface area contributed by atoms with Gasteiger partial charge < -0.3 is 15.5 Å². The molecule has 0 fully saturated rings. The zero-order valence-electron chi connectivity index (χ0n) is 18.6. The predicted octanol–water partition coefficient (Wildman–Crippen LogP) is 3.88. The highest BCUT2D eigenvalue weighted by Crippen LogP contribution is 2.26. The Morgan fingerprint density at radius 1 is 1.15 bits per heavy atom. The molecule has 9 heteroatoms. The van der Waals surface area contributed by atoms with Gasteiger partial charge in [0.05, 0.1) is 12.1 Å². The van der Waals surface area contributed by atoms with Crippen LogP contribution in [-0.4, -0.2) is 47.3 Å². The number of nitriles is 1. The second-order valence-corrected chi connectivity index (χ2v) is 8.59. The number of carbonyl (C=O) groups is 2. The quantitative estimate of drug-likeness (QED) is 0.494. The fraction of sp³-hybridized carbons (Fsp3) is 0.208. The fourth-order valence-corrected chi connectivity index (χ4v) is 3.53. The molecule has 0 radical (unpaired) electrons. The van der Waals surface area contributed by atoms with Gasteiger partial charge in [0.2, 0.25) is 11.8 Å². The average Bonchev–Trinajstić information content (AvgIpc) is 3.26. The lowest BCUT2D eigenvalue weighted by Crippen LogP contribution is -2.18. The Labute approximate surface area is 196 Å². The number of carbonyl (C=O) groups excluding carboxylic acids is 2. The number of hydrogen-bond acceptors (Lipinski definition) is 7. The van der Waals surface area contributed by atoms with E-state index in [1.165, 1.54) is 12.3 Å². The van der Waals surface area contributed by atoms with E-state index >= 15 is 0 Å². The Morgan fingerprint density at radius 2 is 1.97 bits per heavy atom. The third-order valence-corrected chi connectivity index (χ3v) is 5.53. The van der Waals surface area contributed by atoms with Crippen molar-refractivity contribution in [1.82, 2.24) is 14.9 Å². The van der Waals surface area contributed by atoms with Gasteiger partial charge in [-0.3, -0.25) is 9.59 Å². The van der Waals surface area contributed by atoms with E-state index in [9.17, 15) is 9.59 Å². The number of nitrogens with one attached hydrogen (secondary N) is 2. The number of nitrogens with zero attached hydrogens (tertiary/aromatic N) is 4. The highest BCUT2D eigenvalue weighted by atomic mass is 32.1. The number of amides is 2. The molecule has 8 nitrogen and oxygen atoms in total. The van der Waals surface area contributed by atoms with Crippen LogP contribution in [0.25, 0.3) is 11.1 Å². The largest absolute Gasteiger partial charge is 0.307 e. The summed E-state index contributed by atoms with van der Waals surface area (Å²) in [6.07, 6.45) is 6.38. The lowest BCUT2D eigenvalue weighted by atomic mass is 9.96. The van der Waals surface area contributed by atoms with Crippen molar-refractivity contribution in [3.63, 3.8) is 0 Å². The Bertz CT molecular complexity index is 1190. The minimum Gasteiger partial charge on any atom is -0.307 e. The van der Waals surface area contributed by atoms with Crippen molar-refractivity contribution < 1.29 is 9.59 Å². The molecule has 0 aliphatic heterocycles. The van der Waals surface area contributed by atoms with E-state index in [4.69, 9.17) is 5.26 Å². The molecule has 1 atom stereocenters. The van der Waals surface area contributed by atoms with Crippen molar-refractivity contribution >= 4 is 34.1 Å². The van der Waals surface area contributed by atoms with E-state index in [2.05, 4.69) is 20.6 Å². The monoisotopic (exact) mass is 460 g/mol. The number of rotatable bonds is 8. The zero-order chi connectivity index (χ0) is 23.8. The van der Waals surface area contributed by atoms with Crippen LogP contribution in [0.3, 0.4) is 0 Å². The van der Waals surface area contributed by atoms with Crippen LogP contribution in [0.15, 0.2) is 60.9 Å². The number of thiazole rings is 1. The fourth-order valence-electron chi connectivity index (χ4n) is 2.91. The first-order valence-corrected chi connectivity index (χ1v) is 11.0. The van der Waals surface area contributed by atoms with Gasteiger partial charge in [-0.25, -0.2) is 9.97 Å². The van der Waals surface area contributed by atoms with Crippen LogP contribution in [0.4, 0.5) is 10.9 Å². The number of anilines is 2. The Balaban J connectivity index is 1.66. The van der Waals surface area contributed by atoms with E-state index in [0.717, 1.165) is 28.0 Å². The first-order chi connectivity index (χ1) is 15.9. The number of hydrogen-bond donors (Lipinski definition) is 2. The second-order valence-electron chi connectivity index (χ2n) is 7.56. The van der Waals surface area contributed by atoms with Crippen LogP contribution < -0.4 is 10.6 Å². The maximum absolute atomic E-state index is 12.6. The van der Waals surface area contributed by atoms with E-state index in [1.54, 1.807) is 18.3 Å². The molecule has 2 N–H and O–H groups in total. The van der Waals surface area contributed by atoms with Gasteiger partial charge in [0.15, 0.2) is 5.13 Å². The van der Waals surface area contributed by atoms with Crippen LogP contribution in [0.2, 0.25) is 0 Å². The molecule has 2 aromatic heterocycles. The van der Waals surface area contributed by atoms with Gasteiger partial charge >= 0.3 is 0 Å². The van der Waals surface area contributed by atoms with E-state index in [-0.39, 0.29) is 11.8 Å². The summed E-state index contributed by atoms with van der Waals surface area (Å²) in [5.74, 6) is -0.396. The summed E-state index contributed by atoms with van der Waals surface area (Å²) in [4.78, 5) is 35.4. The first kappa shape index (κ1) is 23.8. The number of benzene rings is 1. The molecular formula is C24H24N6O2S. The maximum Gasteiger partial charge on any atom is 0.249 e. The molecule has 0 bridgehead atoms. The Kier molecular flexibility index (Phi) is 8.02. The summed E-state index contributed by atoms with van der Waals surface area (Å²) in [7, 11) is 3.86. The number of likely N-dealkylation sites (N-methyl/N-ethyl adjacent to an activating group) is 1. The maximum atomic E-state index is 12.6. The molecule has 0 saturated heterocycles. The third kappa shape index (κ3) is 6.80. The van der Waals surface area contributed by atoms with Crippen molar-refractivity contribution in [3.8, 4) is 17.2 Å². The van der Waals surface area contributed by atoms with Gasteiger partial charge in [0.1, 0.15) is 16.8 Å². The molecule has 1 aromatic carbocycles. The zero-order valence-corrected chi connectivity index (χ0v) is 19.4. The van der Waals surface area contributed by atoms with E-state index in [1.807, 2.05) is 62.3 Å². The van der Waals surface area contributed by atoms with Gasteiger partial charge in [0, 0.05) is 24.4 Å². The third-order valence-electron chi connectivity index (χ3n) is 4.71. The van der Waals surface area contributed by atoms with Crippen molar-refractivity contribution in [2.24, 2.45) is 0 Å². The van der Waals surface area contributed by atoms with E-state index in [0.29, 0.717) is 22.4 Å². The molecule has 3 aromatic rings. The molecule has 3 rings (SSSR count). The number of aromatic nitrogens is 2. The smallest absolute Gasteiger partial charge is 0.249 e. The van der Waals surface area contributed by atoms with Crippen LogP contribution in [0, 0.1) is 11.3 Å². The minimum absolute atomic E-state index is 0.204. The van der Waals surface area contributed by atoms with Crippen molar-refractivity contribution in [2.75, 3.05) is 31.3 Å². The molecule has 168 valence electrons. The summed E-state index contributed by atoms with van der Waals surface area (Å²) in [6, 6.07) is 13.3. The lowest BCUT2D eigenvalue weighted by Gasteiger charge is -2.13. The normalized spacial score (nSPS) is 11.8. The van der Waals surface area contributed by atoms with Gasteiger partial charge in [-0.05, 0) is 44.3 Å². The first-order valence-electron chi connectivity index (χ1n) is 10.2. The molecule has 2 amide bonds. The van der Waals surface area contributed by atoms with Crippen LogP contribution in [-0.2, 0) is 9.59 Å². The van der Waals surface area contributed by atoms with Gasteiger partial charge in [-0.2, -0.15) is 5.26 Å². The molecule has 33 heavy (non-hydrogen) atoms. The molecule has 2 heterocycles. The molecule has 0 spiro atoms. The summed E-state index contributed by atoms with van der Waals surface area (Å²) in [5.41, 5.74) is 2.61. The number of pyridine rings is 1. The molecule has 1 unspecified atom stereocenters. The topological polar surface area (TPSA) is 111 Å². The van der Waals surface area contributed by atoms with Crippen LogP contribution in [0.5, 0.6) is 0 Å². The highest BCUT2D eigenvalue weighted by Gasteiger charge is 2.17. The molecule has 0 aliphatic rings. The summed E-state index contributed by atoms with van der Waals surface area (Å²) < 4.78 is 0. The Hall–Kier alpha value is -3.87. The average molecular weight is 461 g/mol.